The van der Waals surface area contributed by atoms with Gasteiger partial charge in [-0.3, -0.25) is 4.79 Å². The number of thiophene rings is 1. The van der Waals surface area contributed by atoms with E-state index in [-0.39, 0.29) is 11.4 Å². The van der Waals surface area contributed by atoms with Crippen LogP contribution in [-0.2, 0) is 11.3 Å². The molecular formula is C18H26ClN2OS+. The Labute approximate surface area is 147 Å². The normalized spacial score (nSPS) is 36.2. The van der Waals surface area contributed by atoms with Gasteiger partial charge in [0.2, 0.25) is 0 Å². The minimum Gasteiger partial charge on any atom is -0.346 e. The lowest BCUT2D eigenvalue weighted by molar-refractivity contribution is -0.885. The maximum Gasteiger partial charge on any atom is 0.275 e. The van der Waals surface area contributed by atoms with Crippen molar-refractivity contribution in [2.24, 2.45) is 17.8 Å². The molecule has 2 N–H and O–H groups in total. The van der Waals surface area contributed by atoms with Gasteiger partial charge in [0, 0.05) is 5.54 Å². The smallest absolute Gasteiger partial charge is 0.275 e. The summed E-state index contributed by atoms with van der Waals surface area (Å²) in [5, 5.41) is 3.46. The fourth-order valence-corrected chi connectivity index (χ4v) is 6.89. The number of halogens is 1. The molecule has 1 unspecified atom stereocenters. The van der Waals surface area contributed by atoms with E-state index in [4.69, 9.17) is 11.6 Å². The van der Waals surface area contributed by atoms with Crippen molar-refractivity contribution in [3.05, 3.63) is 21.3 Å². The molecule has 0 spiro atoms. The Bertz CT molecular complexity index is 564. The summed E-state index contributed by atoms with van der Waals surface area (Å²) in [6, 6.07) is 4.00. The summed E-state index contributed by atoms with van der Waals surface area (Å²) in [4.78, 5) is 15.1. The van der Waals surface area contributed by atoms with E-state index < -0.39 is 0 Å². The first kappa shape index (κ1) is 15.9. The lowest BCUT2D eigenvalue weighted by Gasteiger charge is -2.56. The van der Waals surface area contributed by atoms with Crippen LogP contribution in [0.2, 0.25) is 4.34 Å². The van der Waals surface area contributed by atoms with Gasteiger partial charge in [0.25, 0.3) is 5.91 Å². The Morgan fingerprint density at radius 3 is 2.39 bits per heavy atom. The predicted octanol–water partition coefficient (Wildman–Crippen LogP) is 2.50. The molecule has 1 amide bonds. The SMILES string of the molecule is C[NH+](CC(=O)NC12CC3CC(CC(C3)C1)C2)Cc1ccc(Cl)s1. The van der Waals surface area contributed by atoms with Crippen molar-refractivity contribution in [1.82, 2.24) is 5.32 Å². The zero-order chi connectivity index (χ0) is 16.0. The Hall–Kier alpha value is -0.580. The van der Waals surface area contributed by atoms with Crippen molar-refractivity contribution in [3.63, 3.8) is 0 Å². The molecule has 5 heteroatoms. The van der Waals surface area contributed by atoms with Gasteiger partial charge < -0.3 is 10.2 Å². The molecule has 1 aromatic heterocycles. The number of nitrogens with one attached hydrogen (secondary N) is 2. The van der Waals surface area contributed by atoms with Gasteiger partial charge in [-0.1, -0.05) is 11.6 Å². The number of amides is 1. The molecule has 4 bridgehead atoms. The zero-order valence-corrected chi connectivity index (χ0v) is 15.3. The molecule has 0 aromatic carbocycles. The van der Waals surface area contributed by atoms with Gasteiger partial charge in [-0.25, -0.2) is 0 Å². The molecule has 126 valence electrons. The van der Waals surface area contributed by atoms with Gasteiger partial charge in [0.05, 0.1) is 16.3 Å². The van der Waals surface area contributed by atoms with Crippen LogP contribution in [0.4, 0.5) is 0 Å². The maximum atomic E-state index is 12.6. The monoisotopic (exact) mass is 353 g/mol. The number of quaternary nitrogens is 1. The van der Waals surface area contributed by atoms with Crippen LogP contribution in [-0.4, -0.2) is 25.0 Å². The first-order valence-corrected chi connectivity index (χ1v) is 10.1. The second-order valence-corrected chi connectivity index (χ2v) is 10.1. The number of carbonyl (C=O) groups excluding carboxylic acids is 1. The standard InChI is InChI=1S/C18H25ClN2OS/c1-21(10-15-2-3-16(19)23-15)11-17(22)20-18-7-12-4-13(8-18)6-14(5-12)9-18/h2-3,12-14H,4-11H2,1H3,(H,20,22)/p+1. The highest BCUT2D eigenvalue weighted by atomic mass is 35.5. The molecule has 4 aliphatic carbocycles. The molecule has 23 heavy (non-hydrogen) atoms. The van der Waals surface area contributed by atoms with Gasteiger partial charge in [-0.15, -0.1) is 11.3 Å². The molecule has 4 fully saturated rings. The number of hydrogen-bond donors (Lipinski definition) is 2. The highest BCUT2D eigenvalue weighted by molar-refractivity contribution is 7.16. The first-order chi connectivity index (χ1) is 11.0. The minimum absolute atomic E-state index is 0.137. The van der Waals surface area contributed by atoms with E-state index in [9.17, 15) is 4.79 Å². The molecule has 0 saturated heterocycles. The van der Waals surface area contributed by atoms with E-state index in [0.717, 1.165) is 28.6 Å². The third-order valence-electron chi connectivity index (χ3n) is 6.01. The van der Waals surface area contributed by atoms with Crippen LogP contribution in [0.25, 0.3) is 0 Å². The maximum absolute atomic E-state index is 12.6. The van der Waals surface area contributed by atoms with Crippen LogP contribution in [0, 0.1) is 17.8 Å². The van der Waals surface area contributed by atoms with E-state index in [2.05, 4.69) is 18.4 Å². The van der Waals surface area contributed by atoms with E-state index >= 15 is 0 Å². The van der Waals surface area contributed by atoms with Crippen LogP contribution in [0.3, 0.4) is 0 Å². The summed E-state index contributed by atoms with van der Waals surface area (Å²) in [5.41, 5.74) is 0.137. The Morgan fingerprint density at radius 2 is 1.87 bits per heavy atom. The first-order valence-electron chi connectivity index (χ1n) is 8.86. The van der Waals surface area contributed by atoms with Crippen molar-refractivity contribution in [3.8, 4) is 0 Å². The minimum atomic E-state index is 0.137. The molecule has 4 aliphatic rings. The zero-order valence-electron chi connectivity index (χ0n) is 13.7. The van der Waals surface area contributed by atoms with E-state index in [0.29, 0.717) is 6.54 Å². The number of likely N-dealkylation sites (N-methyl/N-ethyl adjacent to an activating group) is 1. The summed E-state index contributed by atoms with van der Waals surface area (Å²) in [6.45, 7) is 1.42. The van der Waals surface area contributed by atoms with Crippen molar-refractivity contribution in [2.75, 3.05) is 13.6 Å². The lowest BCUT2D eigenvalue weighted by Crippen LogP contribution is -3.09. The summed E-state index contributed by atoms with van der Waals surface area (Å²) >= 11 is 7.59. The molecule has 0 aliphatic heterocycles. The summed E-state index contributed by atoms with van der Waals surface area (Å²) in [7, 11) is 2.09. The molecule has 1 heterocycles. The van der Waals surface area contributed by atoms with Crippen LogP contribution in [0.5, 0.6) is 0 Å². The summed E-state index contributed by atoms with van der Waals surface area (Å²) < 4.78 is 0.825. The molecule has 0 radical (unpaired) electrons. The number of carbonyl (C=O) groups is 1. The van der Waals surface area contributed by atoms with Crippen molar-refractivity contribution >= 4 is 28.8 Å². The Morgan fingerprint density at radius 1 is 1.26 bits per heavy atom. The fraction of sp³-hybridized carbons (Fsp3) is 0.722. The summed E-state index contributed by atoms with van der Waals surface area (Å²) in [6.07, 6.45) is 7.93. The Balaban J connectivity index is 1.33. The molecule has 1 aromatic rings. The van der Waals surface area contributed by atoms with Crippen LogP contribution in [0.1, 0.15) is 43.4 Å². The predicted molar refractivity (Wildman–Crippen MR) is 93.8 cm³/mol. The average molecular weight is 354 g/mol. The number of rotatable bonds is 5. The van der Waals surface area contributed by atoms with Crippen molar-refractivity contribution in [2.45, 2.75) is 50.6 Å². The second-order valence-electron chi connectivity index (χ2n) is 8.26. The third kappa shape index (κ3) is 3.45. The van der Waals surface area contributed by atoms with Gasteiger partial charge in [0.15, 0.2) is 6.54 Å². The third-order valence-corrected chi connectivity index (χ3v) is 7.24. The average Bonchev–Trinajstić information content (AvgIpc) is 2.81. The van der Waals surface area contributed by atoms with E-state index in [1.807, 2.05) is 6.07 Å². The van der Waals surface area contributed by atoms with Gasteiger partial charge in [0.1, 0.15) is 6.54 Å². The summed E-state index contributed by atoms with van der Waals surface area (Å²) in [5.74, 6) is 2.85. The van der Waals surface area contributed by atoms with Crippen LogP contribution in [0.15, 0.2) is 12.1 Å². The highest BCUT2D eigenvalue weighted by Crippen LogP contribution is 2.55. The fourth-order valence-electron chi connectivity index (χ4n) is 5.68. The number of hydrogen-bond acceptors (Lipinski definition) is 2. The van der Waals surface area contributed by atoms with Crippen molar-refractivity contribution in [1.29, 1.82) is 0 Å². The van der Waals surface area contributed by atoms with Crippen molar-refractivity contribution < 1.29 is 9.69 Å². The van der Waals surface area contributed by atoms with Gasteiger partial charge >= 0.3 is 0 Å². The quantitative estimate of drug-likeness (QED) is 0.837. The van der Waals surface area contributed by atoms with Gasteiger partial charge in [-0.05, 0) is 68.4 Å². The lowest BCUT2D eigenvalue weighted by atomic mass is 9.53. The van der Waals surface area contributed by atoms with E-state index in [1.54, 1.807) is 11.3 Å². The molecule has 5 rings (SSSR count). The second kappa shape index (κ2) is 6.05. The highest BCUT2D eigenvalue weighted by Gasteiger charge is 2.51. The van der Waals surface area contributed by atoms with E-state index in [1.165, 1.54) is 48.3 Å². The molecule has 4 saturated carbocycles. The van der Waals surface area contributed by atoms with Gasteiger partial charge in [-0.2, -0.15) is 0 Å². The van der Waals surface area contributed by atoms with Crippen LogP contribution < -0.4 is 10.2 Å². The largest absolute Gasteiger partial charge is 0.346 e. The topological polar surface area (TPSA) is 33.5 Å². The van der Waals surface area contributed by atoms with Crippen LogP contribution >= 0.6 is 22.9 Å². The molecular weight excluding hydrogens is 328 g/mol. The Kier molecular flexibility index (Phi) is 4.19. The molecule has 3 nitrogen and oxygen atoms in total. The molecule has 1 atom stereocenters.